The second-order valence-corrected chi connectivity index (χ2v) is 7.04. The molecule has 0 radical (unpaired) electrons. The van der Waals surface area contributed by atoms with Crippen LogP contribution in [0.2, 0.25) is 0 Å². The maximum atomic E-state index is 12.8. The number of ether oxygens (including phenoxy) is 3. The molecule has 0 aromatic heterocycles. The number of nitrogens with zero attached hydrogens (tertiary/aromatic N) is 1. The van der Waals surface area contributed by atoms with Gasteiger partial charge in [-0.1, -0.05) is 0 Å². The highest BCUT2D eigenvalue weighted by atomic mass is 19.4. The molecule has 0 amide bonds. The maximum Gasteiger partial charge on any atom is 0.573 e. The average molecular weight is 395 g/mol. The van der Waals surface area contributed by atoms with E-state index < -0.39 is 6.36 Å². The number of aromatic hydroxyl groups is 1. The number of halogens is 3. The van der Waals surface area contributed by atoms with Crippen LogP contribution in [0.5, 0.6) is 23.0 Å². The molecule has 5 nitrogen and oxygen atoms in total. The van der Waals surface area contributed by atoms with E-state index in [2.05, 4.69) is 9.64 Å². The molecule has 1 N–H and O–H groups in total. The normalized spacial score (nSPS) is 18.3. The van der Waals surface area contributed by atoms with Crippen LogP contribution in [0.3, 0.4) is 0 Å². The summed E-state index contributed by atoms with van der Waals surface area (Å²) in [7, 11) is 4.74. The predicted octanol–water partition coefficient (Wildman–Crippen LogP) is 4.06. The summed E-state index contributed by atoms with van der Waals surface area (Å²) in [5.74, 6) is -0.0821. The van der Waals surface area contributed by atoms with Crippen LogP contribution in [0, 0.1) is 0 Å². The fourth-order valence-corrected chi connectivity index (χ4v) is 4.29. The lowest BCUT2D eigenvalue weighted by molar-refractivity contribution is -0.275. The summed E-state index contributed by atoms with van der Waals surface area (Å²) in [6.45, 7) is 0.792. The number of likely N-dealkylation sites (N-methyl/N-ethyl adjacent to an activating group) is 1. The second-order valence-electron chi connectivity index (χ2n) is 7.04. The Labute approximate surface area is 160 Å². The molecule has 2 aromatic rings. The van der Waals surface area contributed by atoms with Crippen LogP contribution in [-0.2, 0) is 12.8 Å². The van der Waals surface area contributed by atoms with E-state index in [0.717, 1.165) is 24.1 Å². The Hall–Kier alpha value is -2.61. The Kier molecular flexibility index (Phi) is 4.33. The molecule has 1 aliphatic carbocycles. The third-order valence-corrected chi connectivity index (χ3v) is 5.49. The summed E-state index contributed by atoms with van der Waals surface area (Å²) in [5.41, 5.74) is 4.13. The number of fused-ring (bicyclic) bond motifs is 2. The fourth-order valence-electron chi connectivity index (χ4n) is 4.29. The molecule has 0 spiro atoms. The summed E-state index contributed by atoms with van der Waals surface area (Å²) >= 11 is 0. The molecule has 1 atom stereocenters. The third kappa shape index (κ3) is 2.92. The number of phenols is 1. The molecule has 0 saturated heterocycles. The molecule has 8 heteroatoms. The highest BCUT2D eigenvalue weighted by molar-refractivity contribution is 5.84. The van der Waals surface area contributed by atoms with Crippen LogP contribution in [0.4, 0.5) is 13.2 Å². The number of hydrogen-bond donors (Lipinski definition) is 1. The van der Waals surface area contributed by atoms with Crippen molar-refractivity contribution in [2.45, 2.75) is 25.2 Å². The number of hydrogen-bond acceptors (Lipinski definition) is 5. The van der Waals surface area contributed by atoms with Gasteiger partial charge >= 0.3 is 6.36 Å². The smallest absolute Gasteiger partial charge is 0.504 e. The van der Waals surface area contributed by atoms with Gasteiger partial charge in [-0.05, 0) is 60.3 Å². The van der Waals surface area contributed by atoms with E-state index in [1.807, 2.05) is 7.05 Å². The van der Waals surface area contributed by atoms with Crippen molar-refractivity contribution in [2.75, 3.05) is 27.8 Å². The van der Waals surface area contributed by atoms with Gasteiger partial charge < -0.3 is 19.3 Å². The van der Waals surface area contributed by atoms with Gasteiger partial charge in [-0.3, -0.25) is 4.90 Å². The van der Waals surface area contributed by atoms with Gasteiger partial charge in [-0.2, -0.15) is 0 Å². The van der Waals surface area contributed by atoms with Crippen molar-refractivity contribution in [3.63, 3.8) is 0 Å². The first-order valence-electron chi connectivity index (χ1n) is 8.83. The Balaban J connectivity index is 1.99. The lowest BCUT2D eigenvalue weighted by Crippen LogP contribution is -2.35. The minimum atomic E-state index is -4.82. The molecule has 4 rings (SSSR count). The summed E-state index contributed by atoms with van der Waals surface area (Å²) < 4.78 is 53.3. The van der Waals surface area contributed by atoms with Gasteiger partial charge in [0.15, 0.2) is 23.0 Å². The summed E-state index contributed by atoms with van der Waals surface area (Å²) in [6, 6.07) is 4.60. The van der Waals surface area contributed by atoms with Gasteiger partial charge in [-0.25, -0.2) is 0 Å². The average Bonchev–Trinajstić information content (AvgIpc) is 2.62. The van der Waals surface area contributed by atoms with E-state index in [1.54, 1.807) is 6.07 Å². The van der Waals surface area contributed by atoms with Crippen molar-refractivity contribution < 1.29 is 32.5 Å². The van der Waals surface area contributed by atoms with E-state index >= 15 is 0 Å². The number of alkyl halides is 3. The van der Waals surface area contributed by atoms with E-state index in [1.165, 1.54) is 26.4 Å². The van der Waals surface area contributed by atoms with Crippen molar-refractivity contribution >= 4 is 0 Å². The minimum Gasteiger partial charge on any atom is -0.504 e. The van der Waals surface area contributed by atoms with Gasteiger partial charge in [0.1, 0.15) is 0 Å². The lowest BCUT2D eigenvalue weighted by atomic mass is 9.76. The van der Waals surface area contributed by atoms with E-state index in [4.69, 9.17) is 9.47 Å². The predicted molar refractivity (Wildman–Crippen MR) is 96.1 cm³/mol. The Morgan fingerprint density at radius 2 is 1.82 bits per heavy atom. The topological polar surface area (TPSA) is 51.2 Å². The van der Waals surface area contributed by atoms with E-state index in [-0.39, 0.29) is 23.3 Å². The lowest BCUT2D eigenvalue weighted by Gasteiger charge is -2.40. The standard InChI is InChI=1S/C20H20F3NO4/c1-24-5-4-10-7-14(25)19(27-3)18-12-9-15(26-2)16(28-20(21,22)23)8-11(12)6-13(24)17(10)18/h7-9,13,25H,4-6H2,1-3H3/t13-/m1/s1. The number of phenolic OH excluding ortho intramolecular Hbond substituents is 1. The van der Waals surface area contributed by atoms with Crippen molar-refractivity contribution in [2.24, 2.45) is 0 Å². The molecule has 0 fully saturated rings. The zero-order valence-corrected chi connectivity index (χ0v) is 15.7. The van der Waals surface area contributed by atoms with Gasteiger partial charge in [0.25, 0.3) is 0 Å². The Bertz CT molecular complexity index is 942. The summed E-state index contributed by atoms with van der Waals surface area (Å²) in [5, 5.41) is 10.5. The molecule has 1 aliphatic heterocycles. The van der Waals surface area contributed by atoms with Crippen molar-refractivity contribution in [1.82, 2.24) is 4.90 Å². The minimum absolute atomic E-state index is 0.0157. The molecule has 0 unspecified atom stereocenters. The van der Waals surface area contributed by atoms with Crippen molar-refractivity contribution in [3.05, 3.63) is 34.9 Å². The van der Waals surface area contributed by atoms with E-state index in [0.29, 0.717) is 28.9 Å². The first kappa shape index (κ1) is 18.7. The Morgan fingerprint density at radius 3 is 2.46 bits per heavy atom. The zero-order chi connectivity index (χ0) is 20.2. The summed E-state index contributed by atoms with van der Waals surface area (Å²) in [4.78, 5) is 2.17. The van der Waals surface area contributed by atoms with Gasteiger partial charge in [0.05, 0.1) is 14.2 Å². The largest absolute Gasteiger partial charge is 0.573 e. The molecular formula is C20H20F3NO4. The van der Waals surface area contributed by atoms with Crippen LogP contribution in [0.25, 0.3) is 11.1 Å². The van der Waals surface area contributed by atoms with Gasteiger partial charge in [0, 0.05) is 18.2 Å². The molecule has 150 valence electrons. The molecule has 2 aliphatic rings. The van der Waals surface area contributed by atoms with E-state index in [9.17, 15) is 18.3 Å². The van der Waals surface area contributed by atoms with Crippen LogP contribution in [0.1, 0.15) is 22.7 Å². The first-order valence-corrected chi connectivity index (χ1v) is 8.83. The van der Waals surface area contributed by atoms with Crippen LogP contribution >= 0.6 is 0 Å². The number of rotatable bonds is 3. The number of methoxy groups -OCH3 is 2. The molecule has 0 bridgehead atoms. The van der Waals surface area contributed by atoms with Crippen LogP contribution in [-0.4, -0.2) is 44.2 Å². The molecule has 2 aromatic carbocycles. The molecule has 28 heavy (non-hydrogen) atoms. The van der Waals surface area contributed by atoms with Gasteiger partial charge in [-0.15, -0.1) is 13.2 Å². The molecular weight excluding hydrogens is 375 g/mol. The highest BCUT2D eigenvalue weighted by Crippen LogP contribution is 2.53. The number of benzene rings is 2. The maximum absolute atomic E-state index is 12.8. The SMILES string of the molecule is COc1cc2c(cc1OC(F)(F)F)C[C@@H]1c3c(cc(O)c(OC)c3-2)CCN1C. The zero-order valence-electron chi connectivity index (χ0n) is 15.7. The monoisotopic (exact) mass is 395 g/mol. The Morgan fingerprint density at radius 1 is 1.07 bits per heavy atom. The highest BCUT2D eigenvalue weighted by Gasteiger charge is 2.38. The second kappa shape index (κ2) is 6.48. The molecule has 0 saturated carbocycles. The van der Waals surface area contributed by atoms with Crippen molar-refractivity contribution in [3.8, 4) is 34.1 Å². The van der Waals surface area contributed by atoms with Crippen LogP contribution in [0.15, 0.2) is 18.2 Å². The first-order chi connectivity index (χ1) is 13.2. The molecule has 1 heterocycles. The van der Waals surface area contributed by atoms with Gasteiger partial charge in [0.2, 0.25) is 0 Å². The quantitative estimate of drug-likeness (QED) is 0.850. The van der Waals surface area contributed by atoms with Crippen molar-refractivity contribution in [1.29, 1.82) is 0 Å². The summed E-state index contributed by atoms with van der Waals surface area (Å²) in [6.07, 6.45) is -3.52. The third-order valence-electron chi connectivity index (χ3n) is 5.49. The van der Waals surface area contributed by atoms with Crippen LogP contribution < -0.4 is 14.2 Å². The fraction of sp³-hybridized carbons (Fsp3) is 0.400.